The van der Waals surface area contributed by atoms with E-state index in [4.69, 9.17) is 11.6 Å². The second-order valence-electron chi connectivity index (χ2n) is 4.28. The lowest BCUT2D eigenvalue weighted by Gasteiger charge is -2.13. The van der Waals surface area contributed by atoms with E-state index in [1.807, 2.05) is 0 Å². The Bertz CT molecular complexity index is 729. The smallest absolute Gasteiger partial charge is 0.262 e. The lowest BCUT2D eigenvalue weighted by molar-refractivity contribution is 0.280. The quantitative estimate of drug-likeness (QED) is 0.912. The Morgan fingerprint density at radius 3 is 2.50 bits per heavy atom. The maximum absolute atomic E-state index is 12.4. The van der Waals surface area contributed by atoms with Crippen LogP contribution in [0.2, 0.25) is 5.02 Å². The number of nitrogens with one attached hydrogen (secondary N) is 1. The summed E-state index contributed by atoms with van der Waals surface area (Å²) in [4.78, 5) is 0.129. The molecule has 0 bridgehead atoms. The van der Waals surface area contributed by atoms with E-state index < -0.39 is 10.0 Å². The van der Waals surface area contributed by atoms with Crippen molar-refractivity contribution < 1.29 is 13.5 Å². The maximum atomic E-state index is 12.4. The molecule has 0 heterocycles. The lowest BCUT2D eigenvalue weighted by Crippen LogP contribution is -2.15. The minimum atomic E-state index is -3.74. The van der Waals surface area contributed by atoms with Crippen LogP contribution in [0.25, 0.3) is 0 Å². The number of halogens is 1. The van der Waals surface area contributed by atoms with E-state index in [0.29, 0.717) is 21.8 Å². The van der Waals surface area contributed by atoms with Gasteiger partial charge in [-0.25, -0.2) is 8.42 Å². The fourth-order valence-corrected chi connectivity index (χ4v) is 3.47. The first-order valence-corrected chi connectivity index (χ1v) is 7.78. The van der Waals surface area contributed by atoms with E-state index in [1.165, 1.54) is 6.07 Å². The molecule has 0 atom stereocenters. The van der Waals surface area contributed by atoms with Crippen molar-refractivity contribution >= 4 is 27.3 Å². The molecular weight excluding hydrogens is 298 g/mol. The van der Waals surface area contributed by atoms with Gasteiger partial charge in [-0.1, -0.05) is 35.9 Å². The van der Waals surface area contributed by atoms with Crippen molar-refractivity contribution in [1.82, 2.24) is 0 Å². The minimum absolute atomic E-state index is 0.129. The molecule has 0 radical (unpaired) electrons. The van der Waals surface area contributed by atoms with Crippen LogP contribution in [0, 0.1) is 6.92 Å². The van der Waals surface area contributed by atoms with E-state index in [1.54, 1.807) is 43.3 Å². The Hall–Kier alpha value is -1.56. The highest BCUT2D eigenvalue weighted by atomic mass is 35.5. The molecule has 0 aromatic heterocycles. The standard InChI is InChI=1S/C14H14ClNO3S/c1-10-11(9-17)5-4-8-14(10)20(18,19)16-13-7-3-2-6-12(13)15/h2-8,16-17H,9H2,1H3. The highest BCUT2D eigenvalue weighted by molar-refractivity contribution is 7.92. The van der Waals surface area contributed by atoms with Gasteiger partial charge in [0.1, 0.15) is 0 Å². The summed E-state index contributed by atoms with van der Waals surface area (Å²) in [6.07, 6.45) is 0. The van der Waals surface area contributed by atoms with E-state index >= 15 is 0 Å². The van der Waals surface area contributed by atoms with Crippen LogP contribution in [-0.4, -0.2) is 13.5 Å². The van der Waals surface area contributed by atoms with Gasteiger partial charge in [0.2, 0.25) is 0 Å². The van der Waals surface area contributed by atoms with Crippen molar-refractivity contribution in [2.45, 2.75) is 18.4 Å². The number of aliphatic hydroxyl groups is 1. The molecule has 106 valence electrons. The lowest BCUT2D eigenvalue weighted by atomic mass is 10.1. The first-order valence-electron chi connectivity index (χ1n) is 5.92. The van der Waals surface area contributed by atoms with Gasteiger partial charge < -0.3 is 5.11 Å². The summed E-state index contributed by atoms with van der Waals surface area (Å²) in [5.74, 6) is 0. The van der Waals surface area contributed by atoms with Crippen LogP contribution >= 0.6 is 11.6 Å². The third kappa shape index (κ3) is 2.95. The summed E-state index contributed by atoms with van der Waals surface area (Å²) in [7, 11) is -3.74. The number of hydrogen-bond acceptors (Lipinski definition) is 3. The average molecular weight is 312 g/mol. The zero-order chi connectivity index (χ0) is 14.8. The molecule has 0 fully saturated rings. The van der Waals surface area contributed by atoms with Crippen LogP contribution in [-0.2, 0) is 16.6 Å². The Morgan fingerprint density at radius 2 is 1.85 bits per heavy atom. The molecule has 0 aliphatic carbocycles. The van der Waals surface area contributed by atoms with Gasteiger partial charge in [-0.05, 0) is 36.2 Å². The van der Waals surface area contributed by atoms with Gasteiger partial charge in [-0.3, -0.25) is 4.72 Å². The second kappa shape index (κ2) is 5.83. The Balaban J connectivity index is 2.44. The molecule has 20 heavy (non-hydrogen) atoms. The minimum Gasteiger partial charge on any atom is -0.392 e. The van der Waals surface area contributed by atoms with E-state index in [2.05, 4.69) is 4.72 Å². The molecule has 0 aliphatic rings. The number of hydrogen-bond donors (Lipinski definition) is 2. The Kier molecular flexibility index (Phi) is 4.32. The van der Waals surface area contributed by atoms with Crippen LogP contribution in [0.3, 0.4) is 0 Å². The van der Waals surface area contributed by atoms with Crippen LogP contribution < -0.4 is 4.72 Å². The molecule has 2 aromatic carbocycles. The van der Waals surface area contributed by atoms with Crippen molar-refractivity contribution in [3.63, 3.8) is 0 Å². The first kappa shape index (κ1) is 14.8. The summed E-state index contributed by atoms with van der Waals surface area (Å²) >= 11 is 5.95. The van der Waals surface area contributed by atoms with Gasteiger partial charge in [0.15, 0.2) is 0 Å². The Morgan fingerprint density at radius 1 is 1.15 bits per heavy atom. The number of aliphatic hydroxyl groups excluding tert-OH is 1. The van der Waals surface area contributed by atoms with E-state index in [0.717, 1.165) is 0 Å². The van der Waals surface area contributed by atoms with Crippen molar-refractivity contribution in [3.05, 3.63) is 58.6 Å². The molecule has 6 heteroatoms. The van der Waals surface area contributed by atoms with Gasteiger partial charge in [0.25, 0.3) is 10.0 Å². The fraction of sp³-hybridized carbons (Fsp3) is 0.143. The maximum Gasteiger partial charge on any atom is 0.262 e. The van der Waals surface area contributed by atoms with Crippen LogP contribution in [0.4, 0.5) is 5.69 Å². The monoisotopic (exact) mass is 311 g/mol. The molecule has 0 amide bonds. The van der Waals surface area contributed by atoms with Gasteiger partial charge in [-0.2, -0.15) is 0 Å². The SMILES string of the molecule is Cc1c(CO)cccc1S(=O)(=O)Nc1ccccc1Cl. The topological polar surface area (TPSA) is 66.4 Å². The van der Waals surface area contributed by atoms with Crippen molar-refractivity contribution in [2.75, 3.05) is 4.72 Å². The number of rotatable bonds is 4. The molecule has 0 saturated carbocycles. The molecule has 0 saturated heterocycles. The van der Waals surface area contributed by atoms with Gasteiger partial charge in [0, 0.05) is 0 Å². The predicted molar refractivity (Wildman–Crippen MR) is 79.4 cm³/mol. The summed E-state index contributed by atoms with van der Waals surface area (Å²) < 4.78 is 27.2. The molecule has 0 aliphatic heterocycles. The fourth-order valence-electron chi connectivity index (χ4n) is 1.87. The zero-order valence-electron chi connectivity index (χ0n) is 10.8. The summed E-state index contributed by atoms with van der Waals surface area (Å²) in [6, 6.07) is 11.4. The third-order valence-electron chi connectivity index (χ3n) is 2.97. The molecule has 4 nitrogen and oxygen atoms in total. The molecule has 2 aromatic rings. The van der Waals surface area contributed by atoms with Crippen LogP contribution in [0.5, 0.6) is 0 Å². The van der Waals surface area contributed by atoms with Crippen molar-refractivity contribution in [1.29, 1.82) is 0 Å². The van der Waals surface area contributed by atoms with Gasteiger partial charge >= 0.3 is 0 Å². The summed E-state index contributed by atoms with van der Waals surface area (Å²) in [5.41, 5.74) is 1.42. The zero-order valence-corrected chi connectivity index (χ0v) is 12.4. The van der Waals surface area contributed by atoms with Crippen molar-refractivity contribution in [2.24, 2.45) is 0 Å². The van der Waals surface area contributed by atoms with Crippen LogP contribution in [0.1, 0.15) is 11.1 Å². The molecular formula is C14H14ClNO3S. The molecule has 2 rings (SSSR count). The number of para-hydroxylation sites is 1. The van der Waals surface area contributed by atoms with Gasteiger partial charge in [0.05, 0.1) is 22.2 Å². The van der Waals surface area contributed by atoms with E-state index in [9.17, 15) is 13.5 Å². The first-order chi connectivity index (χ1) is 9.45. The average Bonchev–Trinajstić information content (AvgIpc) is 2.41. The molecule has 2 N–H and O–H groups in total. The summed E-state index contributed by atoms with van der Waals surface area (Å²) in [5, 5.41) is 9.53. The largest absolute Gasteiger partial charge is 0.392 e. The number of anilines is 1. The highest BCUT2D eigenvalue weighted by Crippen LogP contribution is 2.26. The van der Waals surface area contributed by atoms with Gasteiger partial charge in [-0.15, -0.1) is 0 Å². The molecule has 0 spiro atoms. The third-order valence-corrected chi connectivity index (χ3v) is 4.81. The molecule has 0 unspecified atom stereocenters. The predicted octanol–water partition coefficient (Wildman–Crippen LogP) is 2.94. The van der Waals surface area contributed by atoms with Crippen molar-refractivity contribution in [3.8, 4) is 0 Å². The summed E-state index contributed by atoms with van der Waals surface area (Å²) in [6.45, 7) is 1.45. The number of sulfonamides is 1. The second-order valence-corrected chi connectivity index (χ2v) is 6.34. The number of benzene rings is 2. The normalized spacial score (nSPS) is 11.3. The Labute approximate surface area is 123 Å². The van der Waals surface area contributed by atoms with E-state index in [-0.39, 0.29) is 11.5 Å². The highest BCUT2D eigenvalue weighted by Gasteiger charge is 2.19. The van der Waals surface area contributed by atoms with Crippen LogP contribution in [0.15, 0.2) is 47.4 Å².